The molecule has 2 unspecified atom stereocenters. The zero-order valence-electron chi connectivity index (χ0n) is 10.1. The van der Waals surface area contributed by atoms with Gasteiger partial charge < -0.3 is 4.74 Å². The van der Waals surface area contributed by atoms with Crippen molar-refractivity contribution in [1.29, 1.82) is 0 Å². The maximum atomic E-state index is 12.7. The Morgan fingerprint density at radius 3 is 2.38 bits per heavy atom. The third-order valence-corrected chi connectivity index (χ3v) is 2.40. The molecule has 1 aliphatic heterocycles. The molecule has 92 valence electrons. The van der Waals surface area contributed by atoms with Crippen LogP contribution in [-0.4, -0.2) is 35.2 Å². The maximum Gasteiger partial charge on any atom is 0.411 e. The van der Waals surface area contributed by atoms with Crippen LogP contribution in [0.3, 0.4) is 0 Å². The Balaban J connectivity index is 2.71. The molecular formula is C11H18FNO3. The lowest BCUT2D eigenvalue weighted by Gasteiger charge is -2.26. The molecule has 4 nitrogen and oxygen atoms in total. The summed E-state index contributed by atoms with van der Waals surface area (Å²) in [6.45, 7) is 7.44. The summed E-state index contributed by atoms with van der Waals surface area (Å²) in [4.78, 5) is 23.6. The Morgan fingerprint density at radius 2 is 1.94 bits per heavy atom. The van der Waals surface area contributed by atoms with Crippen LogP contribution < -0.4 is 0 Å². The van der Waals surface area contributed by atoms with E-state index in [9.17, 15) is 14.0 Å². The fourth-order valence-corrected chi connectivity index (χ4v) is 1.78. The Kier molecular flexibility index (Phi) is 3.55. The number of carbonyl (C=O) groups is 2. The monoisotopic (exact) mass is 231 g/mol. The van der Waals surface area contributed by atoms with Gasteiger partial charge in [0.2, 0.25) is 0 Å². The van der Waals surface area contributed by atoms with E-state index in [4.69, 9.17) is 4.74 Å². The van der Waals surface area contributed by atoms with Gasteiger partial charge in [-0.05, 0) is 33.1 Å². The largest absolute Gasteiger partial charge is 0.444 e. The van der Waals surface area contributed by atoms with Crippen molar-refractivity contribution in [3.05, 3.63) is 0 Å². The number of carbonyl (C=O) groups excluding carboxylic acids is 2. The first-order valence-corrected chi connectivity index (χ1v) is 5.39. The molecule has 0 N–H and O–H groups in total. The number of ether oxygens (including phenoxy) is 1. The van der Waals surface area contributed by atoms with E-state index in [0.717, 1.165) is 0 Å². The molecule has 0 radical (unpaired) electrons. The van der Waals surface area contributed by atoms with Gasteiger partial charge >= 0.3 is 12.1 Å². The predicted molar refractivity (Wildman–Crippen MR) is 56.6 cm³/mol. The minimum atomic E-state index is -1.46. The van der Waals surface area contributed by atoms with Crippen LogP contribution in [0.15, 0.2) is 0 Å². The Bertz CT molecular complexity index is 298. The number of halogens is 1. The van der Waals surface area contributed by atoms with Gasteiger partial charge in [-0.3, -0.25) is 9.69 Å². The molecular weight excluding hydrogens is 213 g/mol. The van der Waals surface area contributed by atoms with Crippen molar-refractivity contribution in [3.8, 4) is 0 Å². The average Bonchev–Trinajstić information content (AvgIpc) is 2.44. The molecule has 1 rings (SSSR count). The van der Waals surface area contributed by atoms with Crippen molar-refractivity contribution < 1.29 is 18.7 Å². The molecule has 0 aromatic heterocycles. The lowest BCUT2D eigenvalue weighted by molar-refractivity contribution is -0.134. The first kappa shape index (κ1) is 12.9. The molecule has 1 saturated heterocycles. The van der Waals surface area contributed by atoms with Crippen molar-refractivity contribution in [2.24, 2.45) is 5.92 Å². The van der Waals surface area contributed by atoms with Gasteiger partial charge in [0.15, 0.2) is 0 Å². The summed E-state index contributed by atoms with van der Waals surface area (Å²) in [7, 11) is 0. The minimum absolute atomic E-state index is 0.122. The van der Waals surface area contributed by atoms with Crippen molar-refractivity contribution in [2.45, 2.75) is 45.8 Å². The molecule has 0 saturated carbocycles. The topological polar surface area (TPSA) is 46.6 Å². The summed E-state index contributed by atoms with van der Waals surface area (Å²) >= 11 is 0. The number of nitrogens with zero attached hydrogens (tertiary/aromatic N) is 1. The van der Waals surface area contributed by atoms with Crippen molar-refractivity contribution in [2.75, 3.05) is 6.54 Å². The summed E-state index contributed by atoms with van der Waals surface area (Å²) in [6, 6.07) is -2.43. The summed E-state index contributed by atoms with van der Waals surface area (Å²) < 4.78 is 17.9. The van der Waals surface area contributed by atoms with Crippen molar-refractivity contribution >= 4 is 12.1 Å². The van der Waals surface area contributed by atoms with Crippen LogP contribution in [0.1, 0.15) is 34.1 Å². The van der Waals surface area contributed by atoms with E-state index in [2.05, 4.69) is 0 Å². The molecule has 16 heavy (non-hydrogen) atoms. The standard InChI is InChI=1S/C11H18FNO3/c1-7-5-8(9(12)14)13(6-7)10(15)16-11(2,3)4/h7-8H,5-6H2,1-4H3. The highest BCUT2D eigenvalue weighted by atomic mass is 19.1. The van der Waals surface area contributed by atoms with Gasteiger partial charge in [0.25, 0.3) is 0 Å². The van der Waals surface area contributed by atoms with Gasteiger partial charge in [-0.2, -0.15) is 4.39 Å². The number of hydrogen-bond donors (Lipinski definition) is 0. The second-order valence-electron chi connectivity index (χ2n) is 5.29. The molecule has 0 aliphatic carbocycles. The zero-order chi connectivity index (χ0) is 12.5. The lowest BCUT2D eigenvalue weighted by atomic mass is 10.1. The molecule has 0 aromatic rings. The van der Waals surface area contributed by atoms with Gasteiger partial charge in [-0.1, -0.05) is 6.92 Å². The third-order valence-electron chi connectivity index (χ3n) is 2.40. The Labute approximate surface area is 94.7 Å². The highest BCUT2D eigenvalue weighted by Gasteiger charge is 2.39. The Morgan fingerprint density at radius 1 is 1.38 bits per heavy atom. The fraction of sp³-hybridized carbons (Fsp3) is 0.818. The van der Waals surface area contributed by atoms with E-state index >= 15 is 0 Å². The molecule has 5 heteroatoms. The van der Waals surface area contributed by atoms with Crippen LogP contribution in [0.25, 0.3) is 0 Å². The first-order chi connectivity index (χ1) is 7.20. The SMILES string of the molecule is CC1CC(C(=O)F)N(C(=O)OC(C)(C)C)C1. The molecule has 1 amide bonds. The predicted octanol–water partition coefficient (Wildman–Crippen LogP) is 2.13. The van der Waals surface area contributed by atoms with Gasteiger partial charge in [-0.15, -0.1) is 0 Å². The Hall–Kier alpha value is -1.13. The van der Waals surface area contributed by atoms with E-state index in [-0.39, 0.29) is 5.92 Å². The first-order valence-electron chi connectivity index (χ1n) is 5.39. The number of amides is 1. The van der Waals surface area contributed by atoms with Crippen LogP contribution in [0.2, 0.25) is 0 Å². The molecule has 0 aromatic carbocycles. The molecule has 1 fully saturated rings. The highest BCUT2D eigenvalue weighted by molar-refractivity contribution is 5.81. The smallest absolute Gasteiger partial charge is 0.411 e. The van der Waals surface area contributed by atoms with Gasteiger partial charge in [-0.25, -0.2) is 4.79 Å². The molecule has 1 heterocycles. The van der Waals surface area contributed by atoms with E-state index in [0.29, 0.717) is 13.0 Å². The fourth-order valence-electron chi connectivity index (χ4n) is 1.78. The highest BCUT2D eigenvalue weighted by Crippen LogP contribution is 2.25. The van der Waals surface area contributed by atoms with E-state index in [1.807, 2.05) is 6.92 Å². The average molecular weight is 231 g/mol. The number of hydrogen-bond acceptors (Lipinski definition) is 3. The van der Waals surface area contributed by atoms with Crippen LogP contribution >= 0.6 is 0 Å². The summed E-state index contributed by atoms with van der Waals surface area (Å²) in [5.74, 6) is 0.122. The number of rotatable bonds is 1. The van der Waals surface area contributed by atoms with Crippen molar-refractivity contribution in [1.82, 2.24) is 4.90 Å². The van der Waals surface area contributed by atoms with Crippen molar-refractivity contribution in [3.63, 3.8) is 0 Å². The van der Waals surface area contributed by atoms with Gasteiger partial charge in [0.05, 0.1) is 0 Å². The van der Waals surface area contributed by atoms with Crippen LogP contribution in [0, 0.1) is 5.92 Å². The maximum absolute atomic E-state index is 12.7. The summed E-state index contributed by atoms with van der Waals surface area (Å²) in [5, 5.41) is 0. The second-order valence-corrected chi connectivity index (χ2v) is 5.29. The van der Waals surface area contributed by atoms with Crippen LogP contribution in [0.5, 0.6) is 0 Å². The minimum Gasteiger partial charge on any atom is -0.444 e. The van der Waals surface area contributed by atoms with Crippen LogP contribution in [-0.2, 0) is 9.53 Å². The molecule has 2 atom stereocenters. The van der Waals surface area contributed by atoms with E-state index < -0.39 is 23.8 Å². The van der Waals surface area contributed by atoms with E-state index in [1.54, 1.807) is 20.8 Å². The quantitative estimate of drug-likeness (QED) is 0.649. The number of likely N-dealkylation sites (tertiary alicyclic amines) is 1. The summed E-state index contributed by atoms with van der Waals surface area (Å²) in [6.07, 6.45) is -0.248. The second kappa shape index (κ2) is 4.39. The van der Waals surface area contributed by atoms with Gasteiger partial charge in [0, 0.05) is 6.54 Å². The molecule has 1 aliphatic rings. The third kappa shape index (κ3) is 3.18. The molecule has 0 bridgehead atoms. The zero-order valence-corrected chi connectivity index (χ0v) is 10.1. The van der Waals surface area contributed by atoms with E-state index in [1.165, 1.54) is 4.90 Å². The lowest BCUT2D eigenvalue weighted by Crippen LogP contribution is -2.42. The van der Waals surface area contributed by atoms with Crippen LogP contribution in [0.4, 0.5) is 9.18 Å². The summed E-state index contributed by atoms with van der Waals surface area (Å²) in [5.41, 5.74) is -0.632. The van der Waals surface area contributed by atoms with Gasteiger partial charge in [0.1, 0.15) is 11.6 Å². The molecule has 0 spiro atoms. The normalized spacial score (nSPS) is 25.7.